The molecule has 116 valence electrons. The molecule has 2 unspecified atom stereocenters. The van der Waals surface area contributed by atoms with Crippen LogP contribution in [0.5, 0.6) is 0 Å². The van der Waals surface area contributed by atoms with Crippen LogP contribution in [0, 0.1) is 13.8 Å². The van der Waals surface area contributed by atoms with E-state index >= 15 is 0 Å². The topological polar surface area (TPSA) is 49.4 Å². The average Bonchev–Trinajstić information content (AvgIpc) is 2.76. The van der Waals surface area contributed by atoms with Crippen LogP contribution in [0.2, 0.25) is 0 Å². The van der Waals surface area contributed by atoms with Crippen molar-refractivity contribution in [2.24, 2.45) is 0 Å². The molecule has 1 aromatic rings. The molecule has 1 aromatic carbocycles. The van der Waals surface area contributed by atoms with Crippen molar-refractivity contribution in [3.63, 3.8) is 0 Å². The number of rotatable bonds is 3. The maximum Gasteiger partial charge on any atom is 0.243 e. The fraction of sp³-hybridized carbons (Fsp3) is 0.625. The van der Waals surface area contributed by atoms with Gasteiger partial charge < -0.3 is 5.32 Å². The molecular weight excluding hydrogens is 284 g/mol. The first-order valence-corrected chi connectivity index (χ1v) is 9.13. The van der Waals surface area contributed by atoms with Gasteiger partial charge in [0.25, 0.3) is 0 Å². The number of fused-ring (bicyclic) bond motifs is 2. The third-order valence-electron chi connectivity index (χ3n) is 4.95. The van der Waals surface area contributed by atoms with Crippen LogP contribution in [0.1, 0.15) is 36.8 Å². The Kier molecular flexibility index (Phi) is 3.84. The highest BCUT2D eigenvalue weighted by atomic mass is 32.2. The minimum absolute atomic E-state index is 0.120. The fourth-order valence-electron chi connectivity index (χ4n) is 3.76. The normalized spacial score (nSPS) is 29.0. The smallest absolute Gasteiger partial charge is 0.243 e. The summed E-state index contributed by atoms with van der Waals surface area (Å²) in [6.45, 7) is 3.86. The van der Waals surface area contributed by atoms with Crippen molar-refractivity contribution in [2.75, 3.05) is 7.05 Å². The SMILES string of the molecule is Cc1ccc(S(=O)(=O)N(C)C2CC3CCC(C2)N3)c(C)c1. The summed E-state index contributed by atoms with van der Waals surface area (Å²) in [6, 6.07) is 6.66. The van der Waals surface area contributed by atoms with E-state index in [1.54, 1.807) is 17.4 Å². The highest BCUT2D eigenvalue weighted by molar-refractivity contribution is 7.89. The van der Waals surface area contributed by atoms with Crippen molar-refractivity contribution in [2.45, 2.75) is 62.6 Å². The molecule has 3 rings (SSSR count). The number of aryl methyl sites for hydroxylation is 2. The summed E-state index contributed by atoms with van der Waals surface area (Å²) < 4.78 is 27.4. The van der Waals surface area contributed by atoms with Gasteiger partial charge in [-0.25, -0.2) is 8.42 Å². The first-order valence-electron chi connectivity index (χ1n) is 7.69. The molecule has 2 aliphatic heterocycles. The summed E-state index contributed by atoms with van der Waals surface area (Å²) >= 11 is 0. The van der Waals surface area contributed by atoms with Crippen LogP contribution < -0.4 is 5.32 Å². The van der Waals surface area contributed by atoms with Crippen LogP contribution in [0.3, 0.4) is 0 Å². The second kappa shape index (κ2) is 5.38. The van der Waals surface area contributed by atoms with Crippen molar-refractivity contribution >= 4 is 10.0 Å². The van der Waals surface area contributed by atoms with Crippen LogP contribution in [0.25, 0.3) is 0 Å². The molecule has 2 saturated heterocycles. The molecule has 1 N–H and O–H groups in total. The third kappa shape index (κ3) is 2.74. The minimum Gasteiger partial charge on any atom is -0.311 e. The van der Waals surface area contributed by atoms with Gasteiger partial charge in [0.15, 0.2) is 0 Å². The van der Waals surface area contributed by atoms with Gasteiger partial charge in [0.1, 0.15) is 0 Å². The number of nitrogens with one attached hydrogen (secondary N) is 1. The molecule has 4 nitrogen and oxygen atoms in total. The monoisotopic (exact) mass is 308 g/mol. The van der Waals surface area contributed by atoms with Crippen molar-refractivity contribution < 1.29 is 8.42 Å². The molecule has 0 amide bonds. The van der Waals surface area contributed by atoms with Crippen LogP contribution in [0.4, 0.5) is 0 Å². The lowest BCUT2D eigenvalue weighted by Gasteiger charge is -2.35. The number of hydrogen-bond acceptors (Lipinski definition) is 3. The largest absolute Gasteiger partial charge is 0.311 e. The highest BCUT2D eigenvalue weighted by Crippen LogP contribution is 2.32. The molecule has 0 aromatic heterocycles. The molecule has 2 fully saturated rings. The van der Waals surface area contributed by atoms with Crippen molar-refractivity contribution in [3.8, 4) is 0 Å². The lowest BCUT2D eigenvalue weighted by Crippen LogP contribution is -2.48. The molecule has 2 aliphatic rings. The van der Waals surface area contributed by atoms with E-state index in [1.807, 2.05) is 26.0 Å². The van der Waals surface area contributed by atoms with Crippen LogP contribution >= 0.6 is 0 Å². The van der Waals surface area contributed by atoms with Crippen LogP contribution in [0.15, 0.2) is 23.1 Å². The molecule has 2 bridgehead atoms. The Morgan fingerprint density at radius 3 is 2.33 bits per heavy atom. The number of nitrogens with zero attached hydrogens (tertiary/aromatic N) is 1. The number of piperidine rings is 1. The van der Waals surface area contributed by atoms with Gasteiger partial charge in [-0.05, 0) is 51.2 Å². The minimum atomic E-state index is -3.40. The number of sulfonamides is 1. The molecule has 0 spiro atoms. The van der Waals surface area contributed by atoms with E-state index in [4.69, 9.17) is 0 Å². The summed E-state index contributed by atoms with van der Waals surface area (Å²) in [5.74, 6) is 0. The summed E-state index contributed by atoms with van der Waals surface area (Å²) in [4.78, 5) is 0.446. The Morgan fingerprint density at radius 2 is 1.76 bits per heavy atom. The predicted octanol–water partition coefficient (Wildman–Crippen LogP) is 2.21. The molecule has 0 saturated carbocycles. The first kappa shape index (κ1) is 15.0. The molecule has 2 heterocycles. The van der Waals surface area contributed by atoms with E-state index in [0.29, 0.717) is 17.0 Å². The van der Waals surface area contributed by atoms with Gasteiger partial charge in [0.2, 0.25) is 10.0 Å². The first-order chi connectivity index (χ1) is 9.88. The van der Waals surface area contributed by atoms with E-state index in [1.165, 1.54) is 12.8 Å². The van der Waals surface area contributed by atoms with E-state index in [0.717, 1.165) is 24.0 Å². The van der Waals surface area contributed by atoms with E-state index in [-0.39, 0.29) is 6.04 Å². The summed E-state index contributed by atoms with van der Waals surface area (Å²) in [7, 11) is -1.66. The molecule has 0 radical (unpaired) electrons. The molecular formula is C16H24N2O2S. The Bertz CT molecular complexity index is 630. The standard InChI is InChI=1S/C16H24N2O2S/c1-11-4-7-16(12(2)8-11)21(19,20)18(3)15-9-13-5-6-14(10-15)17-13/h4,7-8,13-15,17H,5-6,9-10H2,1-3H3. The van der Waals surface area contributed by atoms with E-state index < -0.39 is 10.0 Å². The number of benzene rings is 1. The van der Waals surface area contributed by atoms with Gasteiger partial charge in [0.05, 0.1) is 4.90 Å². The summed E-state index contributed by atoms with van der Waals surface area (Å²) in [5.41, 5.74) is 1.92. The van der Waals surface area contributed by atoms with E-state index in [2.05, 4.69) is 5.32 Å². The number of hydrogen-bond donors (Lipinski definition) is 1. The van der Waals surface area contributed by atoms with Crippen LogP contribution in [-0.4, -0.2) is 37.9 Å². The Hall–Kier alpha value is -0.910. The lowest BCUT2D eigenvalue weighted by atomic mass is 10.0. The van der Waals surface area contributed by atoms with Gasteiger partial charge in [-0.2, -0.15) is 4.31 Å². The quantitative estimate of drug-likeness (QED) is 0.931. The van der Waals surface area contributed by atoms with Crippen molar-refractivity contribution in [1.82, 2.24) is 9.62 Å². The lowest BCUT2D eigenvalue weighted by molar-refractivity contribution is 0.251. The van der Waals surface area contributed by atoms with Gasteiger partial charge >= 0.3 is 0 Å². The van der Waals surface area contributed by atoms with Crippen LogP contribution in [-0.2, 0) is 10.0 Å². The molecule has 21 heavy (non-hydrogen) atoms. The Labute approximate surface area is 127 Å². The average molecular weight is 308 g/mol. The maximum atomic E-state index is 12.9. The van der Waals surface area contributed by atoms with Gasteiger partial charge in [-0.1, -0.05) is 17.7 Å². The predicted molar refractivity (Wildman–Crippen MR) is 83.8 cm³/mol. The zero-order valence-electron chi connectivity index (χ0n) is 13.0. The second-order valence-corrected chi connectivity index (χ2v) is 8.52. The molecule has 5 heteroatoms. The highest BCUT2D eigenvalue weighted by Gasteiger charge is 2.39. The van der Waals surface area contributed by atoms with Gasteiger partial charge in [0, 0.05) is 25.2 Å². The van der Waals surface area contributed by atoms with Crippen molar-refractivity contribution in [1.29, 1.82) is 0 Å². The third-order valence-corrected chi connectivity index (χ3v) is 7.02. The van der Waals surface area contributed by atoms with Gasteiger partial charge in [-0.3, -0.25) is 0 Å². The Morgan fingerprint density at radius 1 is 1.14 bits per heavy atom. The maximum absolute atomic E-state index is 12.9. The molecule has 2 atom stereocenters. The van der Waals surface area contributed by atoms with Gasteiger partial charge in [-0.15, -0.1) is 0 Å². The zero-order valence-corrected chi connectivity index (χ0v) is 13.8. The Balaban J connectivity index is 1.87. The summed E-state index contributed by atoms with van der Waals surface area (Å²) in [5, 5.41) is 3.56. The summed E-state index contributed by atoms with van der Waals surface area (Å²) in [6.07, 6.45) is 4.21. The fourth-order valence-corrected chi connectivity index (χ4v) is 5.34. The second-order valence-electron chi connectivity index (χ2n) is 6.55. The van der Waals surface area contributed by atoms with Crippen molar-refractivity contribution in [3.05, 3.63) is 29.3 Å². The molecule has 0 aliphatic carbocycles. The van der Waals surface area contributed by atoms with E-state index in [9.17, 15) is 8.42 Å². The zero-order chi connectivity index (χ0) is 15.2.